The summed E-state index contributed by atoms with van der Waals surface area (Å²) in [5.41, 5.74) is 1.03. The average Bonchev–Trinajstić information content (AvgIpc) is 2.71. The van der Waals surface area contributed by atoms with Gasteiger partial charge in [0.25, 0.3) is 0 Å². The van der Waals surface area contributed by atoms with E-state index in [2.05, 4.69) is 4.99 Å². The van der Waals surface area contributed by atoms with Gasteiger partial charge in [-0.05, 0) is 17.7 Å². The lowest BCUT2D eigenvalue weighted by atomic mass is 10.2. The van der Waals surface area contributed by atoms with Crippen molar-refractivity contribution in [3.05, 3.63) is 29.8 Å². The fraction of sp³-hybridized carbons (Fsp3) is 0.385. The quantitative estimate of drug-likeness (QED) is 0.591. The molecule has 2 rings (SSSR count). The maximum Gasteiger partial charge on any atom is 0.235 e. The average molecular weight is 246 g/mol. The number of rotatable bonds is 4. The van der Waals surface area contributed by atoms with Crippen LogP contribution < -0.4 is 4.74 Å². The van der Waals surface area contributed by atoms with Gasteiger partial charge in [-0.3, -0.25) is 4.79 Å². The van der Waals surface area contributed by atoms with E-state index in [-0.39, 0.29) is 11.9 Å². The third-order valence-electron chi connectivity index (χ3n) is 2.96. The molecule has 0 bridgehead atoms. The first kappa shape index (κ1) is 12.3. The summed E-state index contributed by atoms with van der Waals surface area (Å²) in [6, 6.07) is 7.31. The molecule has 1 aliphatic rings. The van der Waals surface area contributed by atoms with E-state index in [0.717, 1.165) is 11.3 Å². The Morgan fingerprint density at radius 1 is 1.44 bits per heavy atom. The van der Waals surface area contributed by atoms with E-state index in [4.69, 9.17) is 4.74 Å². The molecule has 1 saturated heterocycles. The lowest BCUT2D eigenvalue weighted by Gasteiger charge is -2.15. The summed E-state index contributed by atoms with van der Waals surface area (Å²) < 4.78 is 5.07. The molecule has 94 valence electrons. The molecule has 5 heteroatoms. The van der Waals surface area contributed by atoms with Gasteiger partial charge in [-0.1, -0.05) is 12.1 Å². The van der Waals surface area contributed by atoms with E-state index >= 15 is 0 Å². The first-order chi connectivity index (χ1) is 8.72. The smallest absolute Gasteiger partial charge is 0.235 e. The molecule has 1 amide bonds. The van der Waals surface area contributed by atoms with Crippen molar-refractivity contribution in [2.45, 2.75) is 19.0 Å². The van der Waals surface area contributed by atoms with Crippen LogP contribution in [-0.4, -0.2) is 36.6 Å². The number of hydrogen-bond acceptors (Lipinski definition) is 4. The lowest BCUT2D eigenvalue weighted by Crippen LogP contribution is -2.24. The standard InChI is InChI=1S/C13H14N2O3/c1-18-12-4-2-10(3-5-12)7-15-8-11(14-9-16)6-13(15)17/h2-5,11H,6-8H2,1H3. The van der Waals surface area contributed by atoms with Gasteiger partial charge in [0.15, 0.2) is 0 Å². The maximum atomic E-state index is 11.7. The van der Waals surface area contributed by atoms with E-state index in [1.165, 1.54) is 6.08 Å². The monoisotopic (exact) mass is 246 g/mol. The van der Waals surface area contributed by atoms with E-state index in [1.54, 1.807) is 12.0 Å². The molecule has 1 atom stereocenters. The van der Waals surface area contributed by atoms with Crippen LogP contribution in [0.3, 0.4) is 0 Å². The van der Waals surface area contributed by atoms with Gasteiger partial charge in [-0.25, -0.2) is 9.79 Å². The Labute approximate surface area is 105 Å². The Balaban J connectivity index is 2.00. The Morgan fingerprint density at radius 3 is 2.78 bits per heavy atom. The first-order valence-corrected chi connectivity index (χ1v) is 5.70. The molecule has 1 aromatic carbocycles. The molecule has 1 aliphatic heterocycles. The number of carbonyl (C=O) groups is 1. The summed E-state index contributed by atoms with van der Waals surface area (Å²) in [7, 11) is 1.61. The van der Waals surface area contributed by atoms with E-state index in [9.17, 15) is 9.59 Å². The molecular weight excluding hydrogens is 232 g/mol. The fourth-order valence-electron chi connectivity index (χ4n) is 2.02. The minimum Gasteiger partial charge on any atom is -0.497 e. The molecule has 0 aliphatic carbocycles. The second kappa shape index (κ2) is 5.47. The molecule has 0 radical (unpaired) electrons. The number of likely N-dealkylation sites (tertiary alicyclic amines) is 1. The summed E-state index contributed by atoms with van der Waals surface area (Å²) in [5.74, 6) is 0.810. The highest BCUT2D eigenvalue weighted by molar-refractivity contribution is 5.79. The van der Waals surface area contributed by atoms with Crippen LogP contribution in [0.2, 0.25) is 0 Å². The highest BCUT2D eigenvalue weighted by Gasteiger charge is 2.29. The van der Waals surface area contributed by atoms with Crippen molar-refractivity contribution in [3.8, 4) is 5.75 Å². The Hall–Kier alpha value is -2.13. The first-order valence-electron chi connectivity index (χ1n) is 5.70. The molecule has 1 fully saturated rings. The lowest BCUT2D eigenvalue weighted by molar-refractivity contribution is -0.128. The molecule has 0 spiro atoms. The number of aliphatic imine (C=N–C) groups is 1. The molecule has 1 heterocycles. The van der Waals surface area contributed by atoms with E-state index in [0.29, 0.717) is 19.5 Å². The van der Waals surface area contributed by atoms with E-state index in [1.807, 2.05) is 24.3 Å². The van der Waals surface area contributed by atoms with Crippen LogP contribution in [-0.2, 0) is 16.1 Å². The van der Waals surface area contributed by atoms with Gasteiger partial charge >= 0.3 is 0 Å². The van der Waals surface area contributed by atoms with Crippen LogP contribution >= 0.6 is 0 Å². The Morgan fingerprint density at radius 2 is 2.17 bits per heavy atom. The maximum absolute atomic E-state index is 11.7. The van der Waals surface area contributed by atoms with Crippen LogP contribution in [0, 0.1) is 0 Å². The van der Waals surface area contributed by atoms with Crippen molar-refractivity contribution in [1.29, 1.82) is 0 Å². The number of methoxy groups -OCH3 is 1. The molecular formula is C13H14N2O3. The van der Waals surface area contributed by atoms with Crippen LogP contribution in [0.4, 0.5) is 0 Å². The second-order valence-corrected chi connectivity index (χ2v) is 4.20. The third kappa shape index (κ3) is 2.76. The number of nitrogens with zero attached hydrogens (tertiary/aromatic N) is 2. The third-order valence-corrected chi connectivity index (χ3v) is 2.96. The predicted molar refractivity (Wildman–Crippen MR) is 64.9 cm³/mol. The predicted octanol–water partition coefficient (Wildman–Crippen LogP) is 1.13. The molecule has 5 nitrogen and oxygen atoms in total. The minimum absolute atomic E-state index is 0.0230. The van der Waals surface area contributed by atoms with Gasteiger partial charge < -0.3 is 9.64 Å². The van der Waals surface area contributed by atoms with Gasteiger partial charge in [0.05, 0.1) is 19.6 Å². The van der Waals surface area contributed by atoms with Crippen LogP contribution in [0.25, 0.3) is 0 Å². The molecule has 0 aromatic heterocycles. The van der Waals surface area contributed by atoms with Gasteiger partial charge in [0, 0.05) is 13.1 Å². The van der Waals surface area contributed by atoms with Crippen LogP contribution in [0.15, 0.2) is 29.3 Å². The zero-order valence-electron chi connectivity index (χ0n) is 10.1. The summed E-state index contributed by atoms with van der Waals surface area (Å²) in [5, 5.41) is 0. The summed E-state index contributed by atoms with van der Waals surface area (Å²) >= 11 is 0. The molecule has 18 heavy (non-hydrogen) atoms. The van der Waals surface area contributed by atoms with Gasteiger partial charge in [-0.2, -0.15) is 0 Å². The van der Waals surface area contributed by atoms with Crippen molar-refractivity contribution in [3.63, 3.8) is 0 Å². The largest absolute Gasteiger partial charge is 0.497 e. The molecule has 0 N–H and O–H groups in total. The number of amides is 1. The number of hydrogen-bond donors (Lipinski definition) is 0. The zero-order chi connectivity index (χ0) is 13.0. The van der Waals surface area contributed by atoms with Gasteiger partial charge in [0.2, 0.25) is 12.0 Å². The summed E-state index contributed by atoms with van der Waals surface area (Å²) in [6.45, 7) is 1.02. The fourth-order valence-corrected chi connectivity index (χ4v) is 2.02. The SMILES string of the molecule is COc1ccc(CN2CC(N=C=O)CC2=O)cc1. The van der Waals surface area contributed by atoms with Crippen molar-refractivity contribution in [2.75, 3.05) is 13.7 Å². The summed E-state index contributed by atoms with van der Waals surface area (Å²) in [6.07, 6.45) is 1.81. The zero-order valence-corrected chi connectivity index (χ0v) is 10.1. The van der Waals surface area contributed by atoms with Gasteiger partial charge in [-0.15, -0.1) is 0 Å². The Bertz CT molecular complexity index is 478. The van der Waals surface area contributed by atoms with Crippen molar-refractivity contribution >= 4 is 12.0 Å². The number of ether oxygens (including phenoxy) is 1. The topological polar surface area (TPSA) is 59.0 Å². The van der Waals surface area contributed by atoms with Gasteiger partial charge in [0.1, 0.15) is 5.75 Å². The number of carbonyl (C=O) groups excluding carboxylic acids is 2. The second-order valence-electron chi connectivity index (χ2n) is 4.20. The molecule has 0 saturated carbocycles. The number of isocyanates is 1. The Kier molecular flexibility index (Phi) is 3.75. The molecule has 1 aromatic rings. The highest BCUT2D eigenvalue weighted by atomic mass is 16.5. The summed E-state index contributed by atoms with van der Waals surface area (Å²) in [4.78, 5) is 27.2. The minimum atomic E-state index is -0.242. The normalized spacial score (nSPS) is 18.6. The number of benzene rings is 1. The van der Waals surface area contributed by atoms with Crippen LogP contribution in [0.5, 0.6) is 5.75 Å². The highest BCUT2D eigenvalue weighted by Crippen LogP contribution is 2.18. The van der Waals surface area contributed by atoms with Crippen molar-refractivity contribution < 1.29 is 14.3 Å². The van der Waals surface area contributed by atoms with E-state index < -0.39 is 0 Å². The van der Waals surface area contributed by atoms with Crippen molar-refractivity contribution in [1.82, 2.24) is 4.90 Å². The van der Waals surface area contributed by atoms with Crippen LogP contribution in [0.1, 0.15) is 12.0 Å². The van der Waals surface area contributed by atoms with Crippen molar-refractivity contribution in [2.24, 2.45) is 4.99 Å². The molecule has 1 unspecified atom stereocenters.